The van der Waals surface area contributed by atoms with Gasteiger partial charge in [-0.2, -0.15) is 5.10 Å². The predicted octanol–water partition coefficient (Wildman–Crippen LogP) is 2.33. The first-order valence-corrected chi connectivity index (χ1v) is 5.45. The van der Waals surface area contributed by atoms with Gasteiger partial charge in [0.1, 0.15) is 0 Å². The minimum Gasteiger partial charge on any atom is -0.407 e. The lowest BCUT2D eigenvalue weighted by Crippen LogP contribution is -2.31. The van der Waals surface area contributed by atoms with E-state index in [2.05, 4.69) is 5.10 Å². The maximum Gasteiger partial charge on any atom is 0.422 e. The van der Waals surface area contributed by atoms with Crippen LogP contribution >= 0.6 is 11.6 Å². The summed E-state index contributed by atoms with van der Waals surface area (Å²) in [4.78, 5) is 22.7. The molecule has 1 rings (SSSR count). The quantitative estimate of drug-likeness (QED) is 0.617. The topological polar surface area (TPSA) is 64.4 Å². The molecule has 0 aromatic carbocycles. The van der Waals surface area contributed by atoms with Crippen molar-refractivity contribution in [3.8, 4) is 5.75 Å². The van der Waals surface area contributed by atoms with Gasteiger partial charge in [0.15, 0.2) is 5.75 Å². The maximum atomic E-state index is 11.3. The van der Waals surface area contributed by atoms with Crippen molar-refractivity contribution in [3.05, 3.63) is 12.4 Å². The summed E-state index contributed by atoms with van der Waals surface area (Å²) in [6.45, 7) is 4.82. The van der Waals surface area contributed by atoms with Gasteiger partial charge in [-0.1, -0.05) is 13.8 Å². The van der Waals surface area contributed by atoms with E-state index in [1.807, 2.05) is 13.8 Å². The summed E-state index contributed by atoms with van der Waals surface area (Å²) in [5, 5.41) is 3.12. The highest BCUT2D eigenvalue weighted by Crippen LogP contribution is 2.11. The third kappa shape index (κ3) is 4.07. The minimum atomic E-state index is -0.899. The van der Waals surface area contributed by atoms with Crippen LogP contribution in [0.2, 0.25) is 0 Å². The number of rotatable bonds is 3. The van der Waals surface area contributed by atoms with Crippen LogP contribution in [0.4, 0.5) is 9.59 Å². The highest BCUT2D eigenvalue weighted by Gasteiger charge is 2.17. The van der Waals surface area contributed by atoms with E-state index in [4.69, 9.17) is 16.3 Å². The van der Waals surface area contributed by atoms with Gasteiger partial charge in [-0.25, -0.2) is 9.69 Å². The zero-order valence-corrected chi connectivity index (χ0v) is 10.6. The van der Waals surface area contributed by atoms with Gasteiger partial charge >= 0.3 is 11.5 Å². The zero-order chi connectivity index (χ0) is 13.0. The van der Waals surface area contributed by atoms with Gasteiger partial charge < -0.3 is 4.74 Å². The van der Waals surface area contributed by atoms with Gasteiger partial charge in [-0.3, -0.25) is 9.48 Å². The number of ether oxygens (including phenoxy) is 1. The molecule has 0 aliphatic heterocycles. The fraction of sp³-hybridized carbons (Fsp3) is 0.500. The third-order valence-corrected chi connectivity index (χ3v) is 2.16. The normalized spacial score (nSPS) is 10.4. The molecular weight excluding hydrogens is 246 g/mol. The van der Waals surface area contributed by atoms with Gasteiger partial charge in [0.05, 0.1) is 12.4 Å². The van der Waals surface area contributed by atoms with Gasteiger partial charge in [0, 0.05) is 13.6 Å². The van der Waals surface area contributed by atoms with E-state index in [0.29, 0.717) is 10.8 Å². The van der Waals surface area contributed by atoms with Crippen LogP contribution in [0.15, 0.2) is 12.4 Å². The summed E-state index contributed by atoms with van der Waals surface area (Å²) < 4.78 is 6.56. The van der Waals surface area contributed by atoms with Gasteiger partial charge in [-0.15, -0.1) is 0 Å². The van der Waals surface area contributed by atoms with E-state index >= 15 is 0 Å². The largest absolute Gasteiger partial charge is 0.422 e. The molecule has 17 heavy (non-hydrogen) atoms. The molecule has 94 valence electrons. The van der Waals surface area contributed by atoms with E-state index < -0.39 is 11.5 Å². The van der Waals surface area contributed by atoms with Crippen LogP contribution < -0.4 is 4.74 Å². The molecule has 0 atom stereocenters. The Labute approximate surface area is 104 Å². The van der Waals surface area contributed by atoms with Crippen molar-refractivity contribution >= 4 is 23.1 Å². The number of halogens is 1. The molecule has 0 unspecified atom stereocenters. The second-order valence-electron chi connectivity index (χ2n) is 3.97. The van der Waals surface area contributed by atoms with Crippen molar-refractivity contribution in [2.75, 3.05) is 7.05 Å². The Bertz CT molecular complexity index is 417. The van der Waals surface area contributed by atoms with Crippen LogP contribution in [0.3, 0.4) is 0 Å². The smallest absolute Gasteiger partial charge is 0.407 e. The predicted molar refractivity (Wildman–Crippen MR) is 62.1 cm³/mol. The Morgan fingerprint density at radius 1 is 1.59 bits per heavy atom. The first-order valence-electron chi connectivity index (χ1n) is 5.07. The third-order valence-electron chi connectivity index (χ3n) is 1.90. The number of imide groups is 1. The Morgan fingerprint density at radius 3 is 2.76 bits per heavy atom. The van der Waals surface area contributed by atoms with E-state index in [9.17, 15) is 9.59 Å². The van der Waals surface area contributed by atoms with Gasteiger partial charge in [0.25, 0.3) is 0 Å². The van der Waals surface area contributed by atoms with E-state index in [-0.39, 0.29) is 5.75 Å². The summed E-state index contributed by atoms with van der Waals surface area (Å²) in [5.74, 6) is 0.714. The van der Waals surface area contributed by atoms with Crippen LogP contribution in [0.5, 0.6) is 5.75 Å². The van der Waals surface area contributed by atoms with Crippen LogP contribution in [0.1, 0.15) is 13.8 Å². The fourth-order valence-corrected chi connectivity index (χ4v) is 1.18. The molecule has 1 aromatic heterocycles. The monoisotopic (exact) mass is 259 g/mol. The Hall–Kier alpha value is -1.56. The van der Waals surface area contributed by atoms with Gasteiger partial charge in [-0.05, 0) is 17.5 Å². The summed E-state index contributed by atoms with van der Waals surface area (Å²) in [7, 11) is 1.23. The number of nitrogens with zero attached hydrogens (tertiary/aromatic N) is 3. The maximum absolute atomic E-state index is 11.3. The summed E-state index contributed by atoms with van der Waals surface area (Å²) in [5.41, 5.74) is 0. The van der Waals surface area contributed by atoms with E-state index in [1.165, 1.54) is 13.2 Å². The average molecular weight is 260 g/mol. The number of amides is 2. The van der Waals surface area contributed by atoms with Crippen LogP contribution in [0, 0.1) is 5.92 Å². The van der Waals surface area contributed by atoms with Crippen molar-refractivity contribution in [2.24, 2.45) is 5.92 Å². The second-order valence-corrected chi connectivity index (χ2v) is 4.30. The lowest BCUT2D eigenvalue weighted by molar-refractivity contribution is 0.170. The number of carbonyl (C=O) groups is 2. The summed E-state index contributed by atoms with van der Waals surface area (Å²) in [6.07, 6.45) is 2.16. The summed E-state index contributed by atoms with van der Waals surface area (Å²) >= 11 is 5.13. The first-order chi connectivity index (χ1) is 7.90. The van der Waals surface area contributed by atoms with Crippen molar-refractivity contribution < 1.29 is 14.3 Å². The highest BCUT2D eigenvalue weighted by molar-refractivity contribution is 6.63. The van der Waals surface area contributed by atoms with Crippen LogP contribution in [-0.4, -0.2) is 33.2 Å². The zero-order valence-electron chi connectivity index (χ0n) is 9.88. The second kappa shape index (κ2) is 5.67. The molecule has 7 heteroatoms. The van der Waals surface area contributed by atoms with E-state index in [1.54, 1.807) is 10.9 Å². The minimum absolute atomic E-state index is 0.278. The fourth-order valence-electron chi connectivity index (χ4n) is 1.11. The molecule has 0 spiro atoms. The first kappa shape index (κ1) is 13.5. The molecule has 6 nitrogen and oxygen atoms in total. The Balaban J connectivity index is 2.60. The van der Waals surface area contributed by atoms with Crippen molar-refractivity contribution in [3.63, 3.8) is 0 Å². The standard InChI is InChI=1S/C10H14ClN3O3/c1-7(2)5-14-6-8(4-12-14)17-10(16)13(3)9(11)15/h4,6-7H,5H2,1-3H3. The lowest BCUT2D eigenvalue weighted by Gasteiger charge is -2.09. The Kier molecular flexibility index (Phi) is 4.51. The summed E-state index contributed by atoms with van der Waals surface area (Å²) in [6, 6.07) is 0. The molecule has 0 fully saturated rings. The number of carbonyl (C=O) groups excluding carboxylic acids is 2. The van der Waals surface area contributed by atoms with Crippen LogP contribution in [-0.2, 0) is 6.54 Å². The van der Waals surface area contributed by atoms with Crippen molar-refractivity contribution in [1.29, 1.82) is 0 Å². The highest BCUT2D eigenvalue weighted by atomic mass is 35.5. The molecule has 2 amide bonds. The molecule has 1 aromatic rings. The lowest BCUT2D eigenvalue weighted by atomic mass is 10.2. The van der Waals surface area contributed by atoms with Gasteiger partial charge in [0.2, 0.25) is 0 Å². The molecule has 1 heterocycles. The van der Waals surface area contributed by atoms with Crippen molar-refractivity contribution in [2.45, 2.75) is 20.4 Å². The number of aromatic nitrogens is 2. The molecule has 0 N–H and O–H groups in total. The van der Waals surface area contributed by atoms with Crippen LogP contribution in [0.25, 0.3) is 0 Å². The van der Waals surface area contributed by atoms with Crippen molar-refractivity contribution in [1.82, 2.24) is 14.7 Å². The molecule has 0 aliphatic carbocycles. The molecule has 0 radical (unpaired) electrons. The molecule has 0 bridgehead atoms. The number of hydrogen-bond acceptors (Lipinski definition) is 4. The number of hydrogen-bond donors (Lipinski definition) is 0. The molecule has 0 aliphatic rings. The van der Waals surface area contributed by atoms with E-state index in [0.717, 1.165) is 6.54 Å². The Morgan fingerprint density at radius 2 is 2.24 bits per heavy atom. The molecule has 0 saturated carbocycles. The molecular formula is C10H14ClN3O3. The molecule has 0 saturated heterocycles. The average Bonchev–Trinajstić information content (AvgIpc) is 2.63. The SMILES string of the molecule is CC(C)Cn1cc(OC(=O)N(C)C(=O)Cl)cn1.